The van der Waals surface area contributed by atoms with Gasteiger partial charge in [0.25, 0.3) is 5.56 Å². The molecule has 2 aromatic heterocycles. The molecule has 0 saturated carbocycles. The molecule has 0 saturated heterocycles. The number of phenolic OH excluding ortho intramolecular Hbond substituents is 1. The monoisotopic (exact) mass is 452 g/mol. The summed E-state index contributed by atoms with van der Waals surface area (Å²) in [5.41, 5.74) is 4.43. The number of fused-ring (bicyclic) bond motifs is 1. The quantitative estimate of drug-likeness (QED) is 0.357. The van der Waals surface area contributed by atoms with Crippen LogP contribution >= 0.6 is 11.6 Å². The third-order valence-electron chi connectivity index (χ3n) is 5.22. The number of hydrogen-bond acceptors (Lipinski definition) is 6. The zero-order valence-electron chi connectivity index (χ0n) is 17.7. The maximum atomic E-state index is 13.0. The fraction of sp³-hybridized carbons (Fsp3) is 0.182. The predicted octanol–water partition coefficient (Wildman–Crippen LogP) is 2.68. The van der Waals surface area contributed by atoms with Gasteiger partial charge in [-0.2, -0.15) is 10.1 Å². The van der Waals surface area contributed by atoms with Crippen LogP contribution in [0, 0.1) is 0 Å². The normalized spacial score (nSPS) is 11.8. The number of aromatic nitrogens is 4. The molecule has 0 atom stereocenters. The van der Waals surface area contributed by atoms with Crippen LogP contribution < -0.4 is 16.7 Å². The molecule has 0 aliphatic heterocycles. The molecular formula is C22H21ClN6O3. The number of hydrazone groups is 1. The number of rotatable bonds is 5. The summed E-state index contributed by atoms with van der Waals surface area (Å²) in [5, 5.41) is 15.0. The van der Waals surface area contributed by atoms with Crippen LogP contribution in [0.1, 0.15) is 18.1 Å². The molecule has 4 aromatic rings. The van der Waals surface area contributed by atoms with Gasteiger partial charge in [0.05, 0.1) is 12.3 Å². The van der Waals surface area contributed by atoms with Gasteiger partial charge < -0.3 is 5.11 Å². The average molecular weight is 453 g/mol. The van der Waals surface area contributed by atoms with Crippen LogP contribution in [0.25, 0.3) is 11.2 Å². The molecule has 2 N–H and O–H groups in total. The van der Waals surface area contributed by atoms with Crippen molar-refractivity contribution in [3.8, 4) is 5.75 Å². The third-order valence-corrected chi connectivity index (χ3v) is 5.47. The van der Waals surface area contributed by atoms with E-state index in [1.165, 1.54) is 11.6 Å². The van der Waals surface area contributed by atoms with Crippen LogP contribution in [-0.2, 0) is 20.6 Å². The van der Waals surface area contributed by atoms with Crippen molar-refractivity contribution in [1.82, 2.24) is 18.7 Å². The van der Waals surface area contributed by atoms with Crippen molar-refractivity contribution in [2.24, 2.45) is 19.2 Å². The van der Waals surface area contributed by atoms with Gasteiger partial charge in [0.1, 0.15) is 5.75 Å². The summed E-state index contributed by atoms with van der Waals surface area (Å²) >= 11 is 6.00. The maximum absolute atomic E-state index is 13.0. The van der Waals surface area contributed by atoms with Gasteiger partial charge in [-0.15, -0.1) is 0 Å². The summed E-state index contributed by atoms with van der Waals surface area (Å²) in [5.74, 6) is 0.379. The van der Waals surface area contributed by atoms with E-state index in [0.717, 1.165) is 10.1 Å². The fourth-order valence-electron chi connectivity index (χ4n) is 3.43. The summed E-state index contributed by atoms with van der Waals surface area (Å²) in [6.07, 6.45) is 0. The number of hydrogen-bond donors (Lipinski definition) is 2. The summed E-state index contributed by atoms with van der Waals surface area (Å²) in [4.78, 5) is 29.8. The zero-order valence-corrected chi connectivity index (χ0v) is 18.5. The Kier molecular flexibility index (Phi) is 5.58. The Morgan fingerprint density at radius 2 is 1.78 bits per heavy atom. The maximum Gasteiger partial charge on any atom is 0.332 e. The zero-order chi connectivity index (χ0) is 23.0. The van der Waals surface area contributed by atoms with Crippen molar-refractivity contribution in [3.63, 3.8) is 0 Å². The first kappa shape index (κ1) is 21.4. The highest BCUT2D eigenvalue weighted by atomic mass is 35.5. The molecule has 0 fully saturated rings. The Balaban J connectivity index is 1.86. The molecule has 0 amide bonds. The molecule has 10 heteroatoms. The summed E-state index contributed by atoms with van der Waals surface area (Å²) < 4.78 is 4.03. The van der Waals surface area contributed by atoms with E-state index in [-0.39, 0.29) is 22.9 Å². The molecule has 32 heavy (non-hydrogen) atoms. The van der Waals surface area contributed by atoms with Gasteiger partial charge in [0.15, 0.2) is 11.2 Å². The van der Waals surface area contributed by atoms with Crippen molar-refractivity contribution in [2.45, 2.75) is 13.5 Å². The second-order valence-electron chi connectivity index (χ2n) is 7.35. The molecule has 0 aliphatic carbocycles. The Bertz CT molecular complexity index is 1460. The molecule has 0 unspecified atom stereocenters. The van der Waals surface area contributed by atoms with Crippen LogP contribution in [0.4, 0.5) is 5.95 Å². The number of nitrogens with one attached hydrogen (secondary N) is 1. The van der Waals surface area contributed by atoms with Gasteiger partial charge in [-0.3, -0.25) is 18.5 Å². The fourth-order valence-corrected chi connectivity index (χ4v) is 3.56. The van der Waals surface area contributed by atoms with Crippen LogP contribution in [0.15, 0.2) is 63.2 Å². The SMILES string of the molecule is C/C(=N\Nc1nc2c(c(=O)n(C)c(=O)n2C)n1Cc1ccc(Cl)cc1)c1ccccc1O. The molecule has 164 valence electrons. The molecule has 0 radical (unpaired) electrons. The van der Waals surface area contributed by atoms with Gasteiger partial charge in [-0.05, 0) is 36.8 Å². The highest BCUT2D eigenvalue weighted by Crippen LogP contribution is 2.20. The first-order valence-corrected chi connectivity index (χ1v) is 10.1. The largest absolute Gasteiger partial charge is 0.507 e. The van der Waals surface area contributed by atoms with E-state index >= 15 is 0 Å². The minimum absolute atomic E-state index is 0.0986. The van der Waals surface area contributed by atoms with Crippen LogP contribution in [-0.4, -0.2) is 29.5 Å². The molecule has 0 spiro atoms. The van der Waals surface area contributed by atoms with Gasteiger partial charge in [-0.25, -0.2) is 10.2 Å². The molecule has 0 bridgehead atoms. The number of phenols is 1. The van der Waals surface area contributed by atoms with Gasteiger partial charge in [0, 0.05) is 24.7 Å². The lowest BCUT2D eigenvalue weighted by atomic mass is 10.1. The summed E-state index contributed by atoms with van der Waals surface area (Å²) in [6, 6.07) is 14.1. The molecule has 0 aliphatic rings. The Morgan fingerprint density at radius 3 is 2.47 bits per heavy atom. The van der Waals surface area contributed by atoms with E-state index < -0.39 is 11.2 Å². The van der Waals surface area contributed by atoms with E-state index in [4.69, 9.17) is 11.6 Å². The summed E-state index contributed by atoms with van der Waals surface area (Å²) in [6.45, 7) is 2.04. The van der Waals surface area contributed by atoms with Gasteiger partial charge >= 0.3 is 5.69 Å². The second kappa shape index (κ2) is 8.35. The second-order valence-corrected chi connectivity index (χ2v) is 7.79. The number of para-hydroxylation sites is 1. The van der Waals surface area contributed by atoms with E-state index in [1.54, 1.807) is 54.9 Å². The number of aromatic hydroxyl groups is 1. The molecule has 2 aromatic carbocycles. The molecule has 9 nitrogen and oxygen atoms in total. The predicted molar refractivity (Wildman–Crippen MR) is 125 cm³/mol. The van der Waals surface area contributed by atoms with Crippen LogP contribution in [0.2, 0.25) is 5.02 Å². The number of aryl methyl sites for hydroxylation is 1. The average Bonchev–Trinajstić information content (AvgIpc) is 3.14. The first-order valence-electron chi connectivity index (χ1n) is 9.77. The van der Waals surface area contributed by atoms with E-state index in [1.807, 2.05) is 12.1 Å². The lowest BCUT2D eigenvalue weighted by Crippen LogP contribution is -2.37. The highest BCUT2D eigenvalue weighted by Gasteiger charge is 2.19. The molecule has 2 heterocycles. The van der Waals surface area contributed by atoms with Crippen LogP contribution in [0.3, 0.4) is 0 Å². The lowest BCUT2D eigenvalue weighted by molar-refractivity contribution is 0.474. The van der Waals surface area contributed by atoms with Crippen molar-refractivity contribution in [1.29, 1.82) is 0 Å². The van der Waals surface area contributed by atoms with Crippen molar-refractivity contribution < 1.29 is 5.11 Å². The standard InChI is InChI=1S/C22H21ClN6O3/c1-13(16-6-4-5-7-17(16)30)25-26-21-24-19-18(20(31)28(3)22(32)27(19)2)29(21)12-14-8-10-15(23)11-9-14/h4-11,30H,12H2,1-3H3,(H,24,26)/b25-13+. The number of halogens is 1. The Hall–Kier alpha value is -3.85. The number of benzene rings is 2. The minimum Gasteiger partial charge on any atom is -0.507 e. The first-order chi connectivity index (χ1) is 15.3. The van der Waals surface area contributed by atoms with Gasteiger partial charge in [-0.1, -0.05) is 35.9 Å². The van der Waals surface area contributed by atoms with E-state index in [0.29, 0.717) is 22.8 Å². The van der Waals surface area contributed by atoms with Crippen molar-refractivity contribution in [3.05, 3.63) is 85.5 Å². The smallest absolute Gasteiger partial charge is 0.332 e. The topological polar surface area (TPSA) is 106 Å². The molecular weight excluding hydrogens is 432 g/mol. The van der Waals surface area contributed by atoms with Crippen molar-refractivity contribution >= 4 is 34.4 Å². The van der Waals surface area contributed by atoms with E-state index in [9.17, 15) is 14.7 Å². The Labute approximate surface area is 187 Å². The number of anilines is 1. The van der Waals surface area contributed by atoms with Gasteiger partial charge in [0.2, 0.25) is 5.95 Å². The number of imidazole rings is 1. The van der Waals surface area contributed by atoms with Crippen molar-refractivity contribution in [2.75, 3.05) is 5.43 Å². The minimum atomic E-state index is -0.473. The van der Waals surface area contributed by atoms with Crippen LogP contribution in [0.5, 0.6) is 5.75 Å². The number of nitrogens with zero attached hydrogens (tertiary/aromatic N) is 5. The van der Waals surface area contributed by atoms with E-state index in [2.05, 4.69) is 15.5 Å². The highest BCUT2D eigenvalue weighted by molar-refractivity contribution is 6.30. The summed E-state index contributed by atoms with van der Waals surface area (Å²) in [7, 11) is 2.99. The Morgan fingerprint density at radius 1 is 1.09 bits per heavy atom. The third kappa shape index (κ3) is 3.78. The lowest BCUT2D eigenvalue weighted by Gasteiger charge is -2.10. The molecule has 4 rings (SSSR count).